The van der Waals surface area contributed by atoms with Crippen LogP contribution in [0.4, 0.5) is 4.39 Å². The molecule has 0 saturated heterocycles. The smallest absolute Gasteiger partial charge is 0.266 e. The van der Waals surface area contributed by atoms with E-state index in [1.165, 1.54) is 0 Å². The van der Waals surface area contributed by atoms with Gasteiger partial charge in [0.05, 0.1) is 11.8 Å². The molecule has 3 fully saturated rings. The lowest BCUT2D eigenvalue weighted by atomic mass is 9.44. The summed E-state index contributed by atoms with van der Waals surface area (Å²) in [5.41, 5.74) is -2.29. The predicted molar refractivity (Wildman–Crippen MR) is 138 cm³/mol. The second-order valence-corrected chi connectivity index (χ2v) is 11.8. The van der Waals surface area contributed by atoms with Crippen LogP contribution in [-0.4, -0.2) is 83.6 Å². The third kappa shape index (κ3) is 4.20. The fraction of sp³-hybridized carbons (Fsp3) is 0.750. The van der Waals surface area contributed by atoms with Crippen LogP contribution in [0.3, 0.4) is 0 Å². The van der Waals surface area contributed by atoms with Crippen LogP contribution in [0, 0.1) is 28.6 Å². The molecular weight excluding hydrogens is 495 g/mol. The van der Waals surface area contributed by atoms with E-state index in [0.717, 1.165) is 5.57 Å². The summed E-state index contributed by atoms with van der Waals surface area (Å²) in [6, 6.07) is 0. The number of nitrogens with zero attached hydrogens (tertiary/aromatic N) is 1. The molecule has 0 spiro atoms. The fourth-order valence-electron chi connectivity index (χ4n) is 7.97. The van der Waals surface area contributed by atoms with Crippen LogP contribution in [0.1, 0.15) is 52.9 Å². The van der Waals surface area contributed by atoms with Crippen molar-refractivity contribution in [3.05, 3.63) is 23.8 Å². The van der Waals surface area contributed by atoms with Crippen LogP contribution >= 0.6 is 0 Å². The maximum absolute atomic E-state index is 17.4. The number of methoxy groups -OCH3 is 1. The Labute approximate surface area is 223 Å². The Morgan fingerprint density at radius 3 is 2.68 bits per heavy atom. The first-order valence-electron chi connectivity index (χ1n) is 13.5. The third-order valence-electron chi connectivity index (χ3n) is 9.98. The van der Waals surface area contributed by atoms with E-state index in [-0.39, 0.29) is 18.9 Å². The van der Waals surface area contributed by atoms with Crippen molar-refractivity contribution in [3.8, 4) is 0 Å². The Hall–Kier alpha value is -1.98. The van der Waals surface area contributed by atoms with E-state index in [1.807, 2.05) is 0 Å². The Bertz CT molecular complexity index is 1050. The first-order valence-corrected chi connectivity index (χ1v) is 13.5. The van der Waals surface area contributed by atoms with Gasteiger partial charge >= 0.3 is 0 Å². The minimum Gasteiger partial charge on any atom is -0.390 e. The van der Waals surface area contributed by atoms with Gasteiger partial charge < -0.3 is 24.8 Å². The number of aliphatic hydroxyl groups is 3. The molecule has 0 unspecified atom stereocenters. The number of aliphatic hydroxyl groups excluding tert-OH is 2. The molecule has 0 aliphatic heterocycles. The summed E-state index contributed by atoms with van der Waals surface area (Å²) >= 11 is 0. The predicted octanol–water partition coefficient (Wildman–Crippen LogP) is 1.85. The molecule has 4 aliphatic carbocycles. The van der Waals surface area contributed by atoms with Gasteiger partial charge in [0.2, 0.25) is 0 Å². The van der Waals surface area contributed by atoms with Crippen LogP contribution in [-0.2, 0) is 19.1 Å². The minimum atomic E-state index is -2.02. The van der Waals surface area contributed by atoms with Gasteiger partial charge in [-0.1, -0.05) is 25.5 Å². The summed E-state index contributed by atoms with van der Waals surface area (Å²) in [5, 5.41) is 36.7. The van der Waals surface area contributed by atoms with Crippen LogP contribution in [0.2, 0.25) is 0 Å². The van der Waals surface area contributed by atoms with Gasteiger partial charge in [-0.2, -0.15) is 5.10 Å². The molecule has 0 aromatic rings. The largest absolute Gasteiger partial charge is 0.390 e. The lowest BCUT2D eigenvalue weighted by Gasteiger charge is -2.62. The van der Waals surface area contributed by atoms with E-state index >= 15 is 4.39 Å². The number of nitrogens with one attached hydrogen (secondary N) is 1. The Morgan fingerprint density at radius 2 is 2.00 bits per heavy atom. The Kier molecular flexibility index (Phi) is 8.05. The summed E-state index contributed by atoms with van der Waals surface area (Å²) in [4.78, 5) is 24.8. The number of halogens is 1. The van der Waals surface area contributed by atoms with Gasteiger partial charge in [-0.15, -0.1) is 0 Å². The topological polar surface area (TPSA) is 138 Å². The summed E-state index contributed by atoms with van der Waals surface area (Å²) in [7, 11) is 1.60. The zero-order valence-corrected chi connectivity index (χ0v) is 22.7. The maximum Gasteiger partial charge on any atom is 0.266 e. The fourth-order valence-corrected chi connectivity index (χ4v) is 7.97. The van der Waals surface area contributed by atoms with E-state index in [1.54, 1.807) is 46.1 Å². The van der Waals surface area contributed by atoms with E-state index in [4.69, 9.17) is 9.47 Å². The van der Waals surface area contributed by atoms with Gasteiger partial charge in [-0.3, -0.25) is 9.59 Å². The number of hydrogen-bond acceptors (Lipinski definition) is 8. The van der Waals surface area contributed by atoms with Crippen LogP contribution in [0.15, 0.2) is 28.9 Å². The molecule has 3 saturated carbocycles. The summed E-state index contributed by atoms with van der Waals surface area (Å²) < 4.78 is 27.6. The van der Waals surface area contributed by atoms with Gasteiger partial charge in [-0.05, 0) is 63.0 Å². The van der Waals surface area contributed by atoms with Gasteiger partial charge in [0.25, 0.3) is 5.91 Å². The Morgan fingerprint density at radius 1 is 1.26 bits per heavy atom. The molecule has 0 aromatic heterocycles. The normalized spacial score (nSPS) is 42.7. The van der Waals surface area contributed by atoms with E-state index in [9.17, 15) is 24.9 Å². The van der Waals surface area contributed by atoms with Crippen molar-refractivity contribution in [3.63, 3.8) is 0 Å². The minimum absolute atomic E-state index is 0.0880. The molecular formula is C28H41FN2O7. The average Bonchev–Trinajstić information content (AvgIpc) is 3.09. The van der Waals surface area contributed by atoms with Crippen molar-refractivity contribution in [2.24, 2.45) is 33.7 Å². The number of carbonyl (C=O) groups is 2. The molecule has 10 heteroatoms. The highest BCUT2D eigenvalue weighted by atomic mass is 19.1. The van der Waals surface area contributed by atoms with Crippen molar-refractivity contribution in [2.75, 3.05) is 33.5 Å². The zero-order valence-electron chi connectivity index (χ0n) is 22.7. The monoisotopic (exact) mass is 536 g/mol. The number of Topliss-reactive ketones (excluding diaryl/α,β-unsaturated/α-hetero) is 1. The number of alkyl halides is 1. The number of hydrogen-bond donors (Lipinski definition) is 4. The quantitative estimate of drug-likeness (QED) is 0.261. The first kappa shape index (κ1) is 29.0. The number of ketones is 1. The summed E-state index contributed by atoms with van der Waals surface area (Å²) in [6.45, 7) is 5.32. The highest BCUT2D eigenvalue weighted by molar-refractivity contribution is 6.06. The second kappa shape index (κ2) is 10.5. The third-order valence-corrected chi connectivity index (χ3v) is 9.98. The number of carbonyl (C=O) groups excluding carboxylic acids is 2. The van der Waals surface area contributed by atoms with Crippen molar-refractivity contribution in [1.82, 2.24) is 5.43 Å². The molecule has 1 amide bonds. The van der Waals surface area contributed by atoms with Crippen molar-refractivity contribution in [1.29, 1.82) is 0 Å². The van der Waals surface area contributed by atoms with Crippen LogP contribution in [0.5, 0.6) is 0 Å². The molecule has 212 valence electrons. The van der Waals surface area contributed by atoms with Crippen LogP contribution in [0.25, 0.3) is 0 Å². The van der Waals surface area contributed by atoms with Crippen molar-refractivity contribution < 1.29 is 38.8 Å². The molecule has 8 atom stereocenters. The van der Waals surface area contributed by atoms with Gasteiger partial charge in [0.15, 0.2) is 11.5 Å². The molecule has 4 N–H and O–H groups in total. The number of fused-ring (bicyclic) bond motifs is 5. The SMILES string of the molecule is COCCCOCC(=O)N/N=C1\C=C[C@@]2(C)C(=C1)CC[C@H]1[C@@H]3C[C@@H](C)[C@](O)(C(=O)CO)[C@@]3(C)C[C@H](O)[C@@]12F. The molecule has 0 heterocycles. The number of hydrazone groups is 1. The van der Waals surface area contributed by atoms with E-state index in [2.05, 4.69) is 10.5 Å². The lowest BCUT2D eigenvalue weighted by molar-refractivity contribution is -0.219. The van der Waals surface area contributed by atoms with Crippen LogP contribution < -0.4 is 5.43 Å². The highest BCUT2D eigenvalue weighted by Gasteiger charge is 2.75. The molecule has 0 aromatic carbocycles. The van der Waals surface area contributed by atoms with E-state index < -0.39 is 58.3 Å². The standard InChI is InChI=1S/C28H41FN2O7/c1-17-12-21-20-7-6-18-13-19(30-31-24(35)16-38-11-5-10-37-4)8-9-25(18,2)27(20,29)22(33)14-26(21,3)28(17,36)23(34)15-32/h8-9,13,17,20-22,32-33,36H,5-7,10-12,14-16H2,1-4H3,(H,31,35)/b30-19+/t17-,20+,21+,22+,25+,26+,27+,28+/m1/s1. The second-order valence-electron chi connectivity index (χ2n) is 11.8. The molecule has 38 heavy (non-hydrogen) atoms. The lowest BCUT2D eigenvalue weighted by Crippen LogP contribution is -2.69. The summed E-state index contributed by atoms with van der Waals surface area (Å²) in [6.07, 6.45) is 5.72. The van der Waals surface area contributed by atoms with Gasteiger partial charge in [0.1, 0.15) is 18.8 Å². The number of rotatable bonds is 9. The molecule has 0 bridgehead atoms. The average molecular weight is 537 g/mol. The van der Waals surface area contributed by atoms with Gasteiger partial charge in [-0.25, -0.2) is 9.82 Å². The van der Waals surface area contributed by atoms with Gasteiger partial charge in [0, 0.05) is 37.1 Å². The number of ether oxygens (including phenoxy) is 2. The maximum atomic E-state index is 17.4. The molecule has 4 aliphatic rings. The van der Waals surface area contributed by atoms with E-state index in [0.29, 0.717) is 44.6 Å². The molecule has 0 radical (unpaired) electrons. The highest BCUT2D eigenvalue weighted by Crippen LogP contribution is 2.70. The number of amides is 1. The zero-order chi connectivity index (χ0) is 27.9. The summed E-state index contributed by atoms with van der Waals surface area (Å²) in [5.74, 6) is -2.46. The molecule has 9 nitrogen and oxygen atoms in total. The molecule has 4 rings (SSSR count). The first-order chi connectivity index (χ1) is 17.9. The van der Waals surface area contributed by atoms with Crippen molar-refractivity contribution in [2.45, 2.75) is 70.2 Å². The number of allylic oxidation sites excluding steroid dienone is 4. The Balaban J connectivity index is 1.54. The van der Waals surface area contributed by atoms with Crippen molar-refractivity contribution >= 4 is 17.4 Å².